The summed E-state index contributed by atoms with van der Waals surface area (Å²) in [7, 11) is 0. The van der Waals surface area contributed by atoms with E-state index in [1.807, 2.05) is 0 Å². The van der Waals surface area contributed by atoms with Crippen molar-refractivity contribution >= 4 is 60.4 Å². The molecule has 0 atom stereocenters. The zero-order valence-electron chi connectivity index (χ0n) is 38.8. The van der Waals surface area contributed by atoms with Crippen molar-refractivity contribution in [2.24, 2.45) is 0 Å². The third kappa shape index (κ3) is 6.53. The van der Waals surface area contributed by atoms with Crippen LogP contribution in [0.2, 0.25) is 0 Å². The molecule has 0 spiro atoms. The van der Waals surface area contributed by atoms with Gasteiger partial charge in [0.25, 0.3) is 0 Å². The van der Waals surface area contributed by atoms with Crippen LogP contribution in [-0.2, 0) is 10.8 Å². The van der Waals surface area contributed by atoms with Crippen LogP contribution in [0.1, 0.15) is 114 Å². The molecule has 0 saturated heterocycles. The first kappa shape index (κ1) is 40.0. The van der Waals surface area contributed by atoms with E-state index in [0.717, 1.165) is 0 Å². The van der Waals surface area contributed by atoms with Gasteiger partial charge < -0.3 is 9.47 Å². The number of rotatable bonds is 6. The molecule has 2 nitrogen and oxygen atoms in total. The maximum atomic E-state index is 2.50. The summed E-state index contributed by atoms with van der Waals surface area (Å²) in [5.74, 6) is 0.880. The van der Waals surface area contributed by atoms with Crippen molar-refractivity contribution in [3.63, 3.8) is 0 Å². The molecule has 0 fully saturated rings. The van der Waals surface area contributed by atoms with Gasteiger partial charge in [0.15, 0.2) is 0 Å². The molecule has 1 aliphatic rings. The number of aryl methyl sites for hydroxylation is 2. The van der Waals surface area contributed by atoms with Gasteiger partial charge in [-0.15, -0.1) is 0 Å². The number of benzene rings is 8. The lowest BCUT2D eigenvalue weighted by molar-refractivity contribution is 0.590. The summed E-state index contributed by atoms with van der Waals surface area (Å²) in [6, 6.07) is 52.0. The van der Waals surface area contributed by atoms with Crippen LogP contribution in [-0.4, -0.2) is 4.57 Å². The SMILES string of the molecule is Cc1ccc(C(C)C)cc1N(c1ccc2cc3c(cc2c1)-c1cc2ccc(-n4c5ccc(C(C)(C)C)cc5c5cc(C(C)(C)C)ccc54)cc2cc1-3)c1cc(C(C)C)ccc1C. The summed E-state index contributed by atoms with van der Waals surface area (Å²) in [6.07, 6.45) is 0. The first-order chi connectivity index (χ1) is 29.4. The molecule has 1 aromatic heterocycles. The van der Waals surface area contributed by atoms with Gasteiger partial charge in [0.05, 0.1) is 11.0 Å². The Bertz CT molecular complexity index is 3150. The normalized spacial score (nSPS) is 12.8. The minimum atomic E-state index is 0.0668. The average molecular weight is 809 g/mol. The second kappa shape index (κ2) is 14.2. The molecular formula is C60H60N2. The number of aromatic nitrogens is 1. The van der Waals surface area contributed by atoms with Crippen molar-refractivity contribution in [2.45, 2.75) is 106 Å². The molecule has 0 amide bonds. The molecular weight excluding hydrogens is 749 g/mol. The highest BCUT2D eigenvalue weighted by Gasteiger charge is 2.26. The highest BCUT2D eigenvalue weighted by molar-refractivity contribution is 6.13. The number of hydrogen-bond acceptors (Lipinski definition) is 1. The third-order valence-corrected chi connectivity index (χ3v) is 13.8. The molecule has 0 aliphatic heterocycles. The fourth-order valence-electron chi connectivity index (χ4n) is 9.77. The fraction of sp³-hybridized carbons (Fsp3) is 0.267. The van der Waals surface area contributed by atoms with Crippen molar-refractivity contribution in [1.29, 1.82) is 0 Å². The van der Waals surface area contributed by atoms with E-state index in [2.05, 4.69) is 226 Å². The lowest BCUT2D eigenvalue weighted by Crippen LogP contribution is -2.14. The topological polar surface area (TPSA) is 8.17 Å². The van der Waals surface area contributed by atoms with Gasteiger partial charge in [-0.25, -0.2) is 0 Å². The van der Waals surface area contributed by atoms with E-state index < -0.39 is 0 Å². The van der Waals surface area contributed by atoms with Crippen LogP contribution in [0.5, 0.6) is 0 Å². The van der Waals surface area contributed by atoms with Gasteiger partial charge in [0, 0.05) is 33.5 Å². The molecule has 1 aliphatic carbocycles. The zero-order chi connectivity index (χ0) is 43.6. The largest absolute Gasteiger partial charge is 0.310 e. The van der Waals surface area contributed by atoms with Crippen molar-refractivity contribution in [1.82, 2.24) is 4.57 Å². The average Bonchev–Trinajstić information content (AvgIpc) is 3.56. The first-order valence-corrected chi connectivity index (χ1v) is 22.7. The van der Waals surface area contributed by atoms with Gasteiger partial charge in [-0.1, -0.05) is 118 Å². The summed E-state index contributed by atoms with van der Waals surface area (Å²) < 4.78 is 2.48. The van der Waals surface area contributed by atoms with Crippen molar-refractivity contribution < 1.29 is 0 Å². The lowest BCUT2D eigenvalue weighted by atomic mass is 9.78. The fourth-order valence-corrected chi connectivity index (χ4v) is 9.77. The quantitative estimate of drug-likeness (QED) is 0.162. The lowest BCUT2D eigenvalue weighted by Gasteiger charge is -2.31. The second-order valence-corrected chi connectivity index (χ2v) is 20.9. The van der Waals surface area contributed by atoms with E-state index >= 15 is 0 Å². The number of nitrogens with zero attached hydrogens (tertiary/aromatic N) is 2. The molecule has 0 radical (unpaired) electrons. The molecule has 0 bridgehead atoms. The van der Waals surface area contributed by atoms with Crippen molar-refractivity contribution in [3.05, 3.63) is 167 Å². The summed E-state index contributed by atoms with van der Waals surface area (Å²) >= 11 is 0. The number of fused-ring (bicyclic) bond motifs is 9. The number of hydrogen-bond donors (Lipinski definition) is 0. The molecule has 2 heteroatoms. The predicted octanol–water partition coefficient (Wildman–Crippen LogP) is 17.7. The van der Waals surface area contributed by atoms with Crippen LogP contribution in [0.25, 0.3) is 71.3 Å². The Balaban J connectivity index is 1.07. The second-order valence-electron chi connectivity index (χ2n) is 20.9. The summed E-state index contributed by atoms with van der Waals surface area (Å²) in [6.45, 7) is 27.5. The molecule has 10 rings (SSSR count). The van der Waals surface area contributed by atoms with E-state index in [9.17, 15) is 0 Å². The smallest absolute Gasteiger partial charge is 0.0541 e. The molecule has 0 saturated carbocycles. The van der Waals surface area contributed by atoms with Gasteiger partial charge in [-0.2, -0.15) is 0 Å². The van der Waals surface area contributed by atoms with Crippen LogP contribution >= 0.6 is 0 Å². The van der Waals surface area contributed by atoms with Gasteiger partial charge >= 0.3 is 0 Å². The predicted molar refractivity (Wildman–Crippen MR) is 270 cm³/mol. The summed E-state index contributed by atoms with van der Waals surface area (Å²) in [5.41, 5.74) is 20.8. The van der Waals surface area contributed by atoms with Gasteiger partial charge in [0.2, 0.25) is 0 Å². The number of anilines is 3. The van der Waals surface area contributed by atoms with Crippen LogP contribution in [0, 0.1) is 13.8 Å². The van der Waals surface area contributed by atoms with Crippen molar-refractivity contribution in [2.75, 3.05) is 4.90 Å². The van der Waals surface area contributed by atoms with Gasteiger partial charge in [-0.05, 0) is 199 Å². The zero-order valence-corrected chi connectivity index (χ0v) is 38.8. The maximum Gasteiger partial charge on any atom is 0.0541 e. The molecule has 62 heavy (non-hydrogen) atoms. The Morgan fingerprint density at radius 2 is 0.855 bits per heavy atom. The van der Waals surface area contributed by atoms with Gasteiger partial charge in [-0.3, -0.25) is 0 Å². The Hall–Kier alpha value is -6.12. The van der Waals surface area contributed by atoms with E-state index in [1.165, 1.54) is 122 Å². The van der Waals surface area contributed by atoms with E-state index in [4.69, 9.17) is 0 Å². The molecule has 1 heterocycles. The standard InChI is InChI=1S/C60H60N2/c1-35(2)39-15-13-37(5)57(31-39)62(58-32-40(36(3)4)16-14-38(58)6)48-22-18-42-28-50-51-29-43-25-47(21-17-41(43)27-49(51)52(50)30-44(42)26-48)61-55-23-19-45(59(7,8)9)33-53(55)54-34-46(60(10,11)12)20-24-56(54)61/h13-36H,1-12H3. The molecule has 0 unspecified atom stereocenters. The molecule has 9 aromatic rings. The Morgan fingerprint density at radius 3 is 1.31 bits per heavy atom. The van der Waals surface area contributed by atoms with E-state index in [0.29, 0.717) is 11.8 Å². The van der Waals surface area contributed by atoms with Crippen LogP contribution < -0.4 is 4.90 Å². The Kier molecular flexibility index (Phi) is 9.16. The molecule has 0 N–H and O–H groups in total. The first-order valence-electron chi connectivity index (χ1n) is 22.7. The Morgan fingerprint density at radius 1 is 0.419 bits per heavy atom. The maximum absolute atomic E-state index is 2.50. The van der Waals surface area contributed by atoms with E-state index in [1.54, 1.807) is 0 Å². The molecule has 310 valence electrons. The summed E-state index contributed by atoms with van der Waals surface area (Å²) in [5, 5.41) is 7.70. The summed E-state index contributed by atoms with van der Waals surface area (Å²) in [4.78, 5) is 2.50. The van der Waals surface area contributed by atoms with Crippen LogP contribution in [0.3, 0.4) is 0 Å². The molecule has 8 aromatic carbocycles. The third-order valence-electron chi connectivity index (χ3n) is 13.8. The monoisotopic (exact) mass is 808 g/mol. The van der Waals surface area contributed by atoms with Crippen LogP contribution in [0.4, 0.5) is 17.1 Å². The highest BCUT2D eigenvalue weighted by Crippen LogP contribution is 2.51. The van der Waals surface area contributed by atoms with Crippen molar-refractivity contribution in [3.8, 4) is 27.9 Å². The highest BCUT2D eigenvalue weighted by atomic mass is 15.1. The minimum absolute atomic E-state index is 0.0668. The van der Waals surface area contributed by atoms with Crippen LogP contribution in [0.15, 0.2) is 133 Å². The Labute approximate surface area is 368 Å². The minimum Gasteiger partial charge on any atom is -0.310 e. The van der Waals surface area contributed by atoms with Gasteiger partial charge in [0.1, 0.15) is 0 Å². The van der Waals surface area contributed by atoms with E-state index in [-0.39, 0.29) is 10.8 Å².